The number of halogens is 1. The molecule has 3 rings (SSSR count). The zero-order chi connectivity index (χ0) is 17.1. The minimum atomic E-state index is -0.506. The molecule has 24 heavy (non-hydrogen) atoms. The molecule has 0 spiro atoms. The van der Waals surface area contributed by atoms with Gasteiger partial charge in [0.05, 0.1) is 6.42 Å². The highest BCUT2D eigenvalue weighted by molar-refractivity contribution is 6.08. The Hall–Kier alpha value is -3.22. The third-order valence-corrected chi connectivity index (χ3v) is 3.47. The molecule has 2 aromatic carbocycles. The van der Waals surface area contributed by atoms with Crippen molar-refractivity contribution in [3.63, 3.8) is 0 Å². The molecule has 0 saturated heterocycles. The van der Waals surface area contributed by atoms with Gasteiger partial charge < -0.3 is 16.0 Å². The van der Waals surface area contributed by atoms with Crippen molar-refractivity contribution >= 4 is 34.8 Å². The van der Waals surface area contributed by atoms with E-state index >= 15 is 0 Å². The number of anilines is 3. The highest BCUT2D eigenvalue weighted by atomic mass is 19.1. The molecule has 0 bridgehead atoms. The molecule has 0 fully saturated rings. The van der Waals surface area contributed by atoms with Crippen molar-refractivity contribution in [2.45, 2.75) is 12.8 Å². The van der Waals surface area contributed by atoms with Crippen LogP contribution in [0.1, 0.15) is 12.0 Å². The fourth-order valence-corrected chi connectivity index (χ4v) is 2.38. The molecule has 2 aromatic rings. The highest BCUT2D eigenvalue weighted by Crippen LogP contribution is 2.26. The Balaban J connectivity index is 1.55. The van der Waals surface area contributed by atoms with Crippen LogP contribution in [0.2, 0.25) is 0 Å². The van der Waals surface area contributed by atoms with Gasteiger partial charge in [0.15, 0.2) is 0 Å². The van der Waals surface area contributed by atoms with Gasteiger partial charge in [-0.3, -0.25) is 14.4 Å². The molecule has 0 radical (unpaired) electrons. The summed E-state index contributed by atoms with van der Waals surface area (Å²) in [5.74, 6) is -1.49. The summed E-state index contributed by atoms with van der Waals surface area (Å²) in [5.41, 5.74) is 2.44. The van der Waals surface area contributed by atoms with Crippen molar-refractivity contribution in [1.29, 1.82) is 0 Å². The predicted octanol–water partition coefficient (Wildman–Crippen LogP) is 2.29. The summed E-state index contributed by atoms with van der Waals surface area (Å²) in [4.78, 5) is 35.0. The van der Waals surface area contributed by atoms with Gasteiger partial charge >= 0.3 is 0 Å². The zero-order valence-corrected chi connectivity index (χ0v) is 12.6. The van der Waals surface area contributed by atoms with Gasteiger partial charge in [0.1, 0.15) is 12.2 Å². The number of carbonyl (C=O) groups excluding carboxylic acids is 3. The molecule has 1 heterocycles. The Kier molecular flexibility index (Phi) is 4.24. The second-order valence-electron chi connectivity index (χ2n) is 5.38. The normalized spacial score (nSPS) is 12.3. The molecule has 7 heteroatoms. The number of fused-ring (bicyclic) bond motifs is 1. The SMILES string of the molecule is O=C(CC(=O)Nc1ccc2c(c1)NC(=O)C2)Nc1ccc(F)cc1. The van der Waals surface area contributed by atoms with Crippen LogP contribution >= 0.6 is 0 Å². The molecule has 0 saturated carbocycles. The first kappa shape index (κ1) is 15.7. The van der Waals surface area contributed by atoms with Gasteiger partial charge in [-0.2, -0.15) is 0 Å². The summed E-state index contributed by atoms with van der Waals surface area (Å²) in [6.45, 7) is 0. The maximum absolute atomic E-state index is 12.8. The standard InChI is InChI=1S/C17H14FN3O3/c18-11-2-5-12(6-3-11)19-16(23)9-17(24)20-13-4-1-10-7-15(22)21-14(10)8-13/h1-6,8H,7,9H2,(H,19,23)(H,20,24)(H,21,22). The summed E-state index contributed by atoms with van der Waals surface area (Å²) < 4.78 is 12.8. The molecule has 0 aliphatic carbocycles. The van der Waals surface area contributed by atoms with Crippen molar-refractivity contribution in [3.8, 4) is 0 Å². The number of benzene rings is 2. The van der Waals surface area contributed by atoms with Crippen LogP contribution in [0, 0.1) is 5.82 Å². The third-order valence-electron chi connectivity index (χ3n) is 3.47. The van der Waals surface area contributed by atoms with Gasteiger partial charge in [-0.1, -0.05) is 6.07 Å². The second-order valence-corrected chi connectivity index (χ2v) is 5.38. The fraction of sp³-hybridized carbons (Fsp3) is 0.118. The monoisotopic (exact) mass is 327 g/mol. The van der Waals surface area contributed by atoms with Gasteiger partial charge in [0.25, 0.3) is 0 Å². The Morgan fingerprint density at radius 3 is 2.33 bits per heavy atom. The molecule has 0 aromatic heterocycles. The Morgan fingerprint density at radius 2 is 1.62 bits per heavy atom. The maximum Gasteiger partial charge on any atom is 0.233 e. The van der Waals surface area contributed by atoms with Gasteiger partial charge in [-0.25, -0.2) is 4.39 Å². The molecule has 122 valence electrons. The van der Waals surface area contributed by atoms with Crippen LogP contribution in [0.4, 0.5) is 21.5 Å². The molecule has 1 aliphatic heterocycles. The number of hydrogen-bond donors (Lipinski definition) is 3. The molecular weight excluding hydrogens is 313 g/mol. The lowest BCUT2D eigenvalue weighted by Gasteiger charge is -2.08. The maximum atomic E-state index is 12.8. The van der Waals surface area contributed by atoms with Crippen molar-refractivity contribution in [2.75, 3.05) is 16.0 Å². The van der Waals surface area contributed by atoms with Crippen LogP contribution in [0.5, 0.6) is 0 Å². The first-order valence-corrected chi connectivity index (χ1v) is 7.27. The fourth-order valence-electron chi connectivity index (χ4n) is 2.38. The number of nitrogens with one attached hydrogen (secondary N) is 3. The molecule has 0 unspecified atom stereocenters. The number of carbonyl (C=O) groups is 3. The van der Waals surface area contributed by atoms with E-state index in [9.17, 15) is 18.8 Å². The van der Waals surface area contributed by atoms with Crippen LogP contribution in [-0.2, 0) is 20.8 Å². The van der Waals surface area contributed by atoms with Crippen LogP contribution in [-0.4, -0.2) is 17.7 Å². The molecule has 0 atom stereocenters. The van der Waals surface area contributed by atoms with Crippen LogP contribution in [0.15, 0.2) is 42.5 Å². The summed E-state index contributed by atoms with van der Waals surface area (Å²) in [6, 6.07) is 10.3. The highest BCUT2D eigenvalue weighted by Gasteiger charge is 2.18. The number of rotatable bonds is 4. The van der Waals surface area contributed by atoms with E-state index in [1.54, 1.807) is 18.2 Å². The van der Waals surface area contributed by atoms with E-state index < -0.39 is 17.6 Å². The van der Waals surface area contributed by atoms with Crippen LogP contribution in [0.3, 0.4) is 0 Å². The van der Waals surface area contributed by atoms with Crippen molar-refractivity contribution < 1.29 is 18.8 Å². The average Bonchev–Trinajstić information content (AvgIpc) is 2.88. The Morgan fingerprint density at radius 1 is 1.00 bits per heavy atom. The number of amides is 3. The quantitative estimate of drug-likeness (QED) is 0.753. The van der Waals surface area contributed by atoms with E-state index in [1.165, 1.54) is 24.3 Å². The molecular formula is C17H14FN3O3. The molecule has 3 N–H and O–H groups in total. The largest absolute Gasteiger partial charge is 0.326 e. The first-order chi connectivity index (χ1) is 11.5. The molecule has 3 amide bonds. The lowest BCUT2D eigenvalue weighted by Crippen LogP contribution is -2.21. The minimum absolute atomic E-state index is 0.0906. The second kappa shape index (κ2) is 6.49. The summed E-state index contributed by atoms with van der Waals surface area (Å²) in [6.07, 6.45) is -0.0511. The zero-order valence-electron chi connectivity index (χ0n) is 12.6. The average molecular weight is 327 g/mol. The van der Waals surface area contributed by atoms with Crippen LogP contribution in [0.25, 0.3) is 0 Å². The van der Waals surface area contributed by atoms with Crippen molar-refractivity contribution in [2.24, 2.45) is 0 Å². The lowest BCUT2D eigenvalue weighted by atomic mass is 10.1. The number of hydrogen-bond acceptors (Lipinski definition) is 3. The van der Waals surface area contributed by atoms with E-state index in [0.717, 1.165) is 5.56 Å². The third kappa shape index (κ3) is 3.75. The lowest BCUT2D eigenvalue weighted by molar-refractivity contribution is -0.123. The van der Waals surface area contributed by atoms with Crippen LogP contribution < -0.4 is 16.0 Å². The Labute approximate surface area is 137 Å². The van der Waals surface area contributed by atoms with Gasteiger partial charge in [0.2, 0.25) is 17.7 Å². The van der Waals surface area contributed by atoms with E-state index in [2.05, 4.69) is 16.0 Å². The predicted molar refractivity (Wildman–Crippen MR) is 87.1 cm³/mol. The smallest absolute Gasteiger partial charge is 0.233 e. The topological polar surface area (TPSA) is 87.3 Å². The van der Waals surface area contributed by atoms with Crippen molar-refractivity contribution in [3.05, 3.63) is 53.8 Å². The van der Waals surface area contributed by atoms with E-state index in [-0.39, 0.29) is 12.3 Å². The molecule has 6 nitrogen and oxygen atoms in total. The van der Waals surface area contributed by atoms with Crippen molar-refractivity contribution in [1.82, 2.24) is 0 Å². The summed E-state index contributed by atoms with van der Waals surface area (Å²) in [5, 5.41) is 7.80. The van der Waals surface area contributed by atoms with Gasteiger partial charge in [0, 0.05) is 17.1 Å². The summed E-state index contributed by atoms with van der Waals surface area (Å²) >= 11 is 0. The van der Waals surface area contributed by atoms with E-state index in [0.29, 0.717) is 23.5 Å². The minimum Gasteiger partial charge on any atom is -0.326 e. The van der Waals surface area contributed by atoms with Gasteiger partial charge in [-0.15, -0.1) is 0 Å². The van der Waals surface area contributed by atoms with E-state index in [1.807, 2.05) is 0 Å². The summed E-state index contributed by atoms with van der Waals surface area (Å²) in [7, 11) is 0. The Bertz CT molecular complexity index is 818. The first-order valence-electron chi connectivity index (χ1n) is 7.27. The van der Waals surface area contributed by atoms with Gasteiger partial charge in [-0.05, 0) is 42.0 Å². The van der Waals surface area contributed by atoms with E-state index in [4.69, 9.17) is 0 Å². The molecule has 1 aliphatic rings.